The third kappa shape index (κ3) is 4.06. The molecule has 0 saturated carbocycles. The highest BCUT2D eigenvalue weighted by Crippen LogP contribution is 2.28. The van der Waals surface area contributed by atoms with E-state index in [1.54, 1.807) is 41.9 Å². The van der Waals surface area contributed by atoms with Gasteiger partial charge in [-0.25, -0.2) is 0 Å². The lowest BCUT2D eigenvalue weighted by Gasteiger charge is -2.16. The van der Waals surface area contributed by atoms with Gasteiger partial charge in [0.25, 0.3) is 5.91 Å². The molecule has 5 heteroatoms. The molecule has 0 spiro atoms. The maximum Gasteiger partial charge on any atom is 0.255 e. The Bertz CT molecular complexity index is 874. The molecular formula is C20H20N2O2S. The van der Waals surface area contributed by atoms with Crippen molar-refractivity contribution in [3.05, 3.63) is 75.7 Å². The number of nitrogens with one attached hydrogen (secondary N) is 1. The van der Waals surface area contributed by atoms with Crippen LogP contribution in [0.3, 0.4) is 0 Å². The van der Waals surface area contributed by atoms with E-state index in [4.69, 9.17) is 4.74 Å². The Balaban J connectivity index is 1.79. The quantitative estimate of drug-likeness (QED) is 0.699. The molecule has 3 aromatic rings. The number of carbonyl (C=O) groups excluding carboxylic acids is 1. The summed E-state index contributed by atoms with van der Waals surface area (Å²) >= 11 is 1.74. The molecule has 3 rings (SSSR count). The van der Waals surface area contributed by atoms with E-state index in [1.165, 1.54) is 9.75 Å². The molecule has 1 N–H and O–H groups in total. The Morgan fingerprint density at radius 2 is 2.00 bits per heavy atom. The van der Waals surface area contributed by atoms with E-state index in [-0.39, 0.29) is 11.9 Å². The van der Waals surface area contributed by atoms with Crippen molar-refractivity contribution in [1.82, 2.24) is 10.3 Å². The van der Waals surface area contributed by atoms with E-state index in [9.17, 15) is 4.79 Å². The van der Waals surface area contributed by atoms with E-state index in [2.05, 4.69) is 30.2 Å². The molecule has 0 unspecified atom stereocenters. The first kappa shape index (κ1) is 17.2. The van der Waals surface area contributed by atoms with Gasteiger partial charge in [0, 0.05) is 16.0 Å². The molecule has 2 heterocycles. The van der Waals surface area contributed by atoms with Crippen molar-refractivity contribution in [3.8, 4) is 11.5 Å². The minimum atomic E-state index is -0.157. The van der Waals surface area contributed by atoms with Crippen LogP contribution in [-0.2, 0) is 0 Å². The number of aryl methyl sites for hydroxylation is 2. The highest BCUT2D eigenvalue weighted by molar-refractivity contribution is 7.12. The van der Waals surface area contributed by atoms with E-state index < -0.39 is 0 Å². The molecule has 0 bridgehead atoms. The van der Waals surface area contributed by atoms with Crippen molar-refractivity contribution in [2.75, 3.05) is 0 Å². The van der Waals surface area contributed by atoms with Crippen molar-refractivity contribution < 1.29 is 9.53 Å². The smallest absolute Gasteiger partial charge is 0.255 e. The largest absolute Gasteiger partial charge is 0.455 e. The first-order valence-corrected chi connectivity index (χ1v) is 8.91. The molecule has 0 aliphatic carbocycles. The number of para-hydroxylation sites is 1. The third-order valence-electron chi connectivity index (χ3n) is 3.89. The predicted octanol–water partition coefficient (Wildman–Crippen LogP) is 5.04. The molecule has 128 valence electrons. The summed E-state index contributed by atoms with van der Waals surface area (Å²) in [6.07, 6.45) is 3.30. The van der Waals surface area contributed by atoms with Crippen LogP contribution in [0.2, 0.25) is 0 Å². The molecule has 0 aliphatic rings. The Labute approximate surface area is 151 Å². The Kier molecular flexibility index (Phi) is 5.14. The minimum Gasteiger partial charge on any atom is -0.455 e. The SMILES string of the molecule is Cc1cc([C@H](C)NC(=O)c2ccccc2Oc2cccnc2)c(C)s1. The normalized spacial score (nSPS) is 11.8. The van der Waals surface area contributed by atoms with E-state index in [0.717, 1.165) is 5.56 Å². The number of ether oxygens (including phenoxy) is 1. The van der Waals surface area contributed by atoms with Crippen molar-refractivity contribution in [2.24, 2.45) is 0 Å². The lowest BCUT2D eigenvalue weighted by Crippen LogP contribution is -2.27. The number of thiophene rings is 1. The number of aromatic nitrogens is 1. The Hall–Kier alpha value is -2.66. The topological polar surface area (TPSA) is 51.2 Å². The van der Waals surface area contributed by atoms with Gasteiger partial charge in [-0.2, -0.15) is 0 Å². The summed E-state index contributed by atoms with van der Waals surface area (Å²) in [5, 5.41) is 3.06. The molecule has 0 fully saturated rings. The first-order valence-electron chi connectivity index (χ1n) is 8.09. The van der Waals surface area contributed by atoms with Gasteiger partial charge < -0.3 is 10.1 Å². The van der Waals surface area contributed by atoms with Crippen LogP contribution >= 0.6 is 11.3 Å². The van der Waals surface area contributed by atoms with E-state index in [0.29, 0.717) is 17.1 Å². The number of hydrogen-bond donors (Lipinski definition) is 1. The van der Waals surface area contributed by atoms with Gasteiger partial charge in [0.15, 0.2) is 0 Å². The fourth-order valence-electron chi connectivity index (χ4n) is 2.71. The van der Waals surface area contributed by atoms with Gasteiger partial charge in [-0.05, 0) is 56.7 Å². The van der Waals surface area contributed by atoms with Crippen LogP contribution in [-0.4, -0.2) is 10.9 Å². The molecule has 25 heavy (non-hydrogen) atoms. The lowest BCUT2D eigenvalue weighted by molar-refractivity contribution is 0.0937. The summed E-state index contributed by atoms with van der Waals surface area (Å²) in [7, 11) is 0. The van der Waals surface area contributed by atoms with Gasteiger partial charge in [0.1, 0.15) is 11.5 Å². The molecule has 2 aromatic heterocycles. The van der Waals surface area contributed by atoms with Crippen LogP contribution in [0.25, 0.3) is 0 Å². The number of carbonyl (C=O) groups is 1. The maximum absolute atomic E-state index is 12.8. The van der Waals surface area contributed by atoms with Gasteiger partial charge in [-0.3, -0.25) is 9.78 Å². The molecule has 4 nitrogen and oxygen atoms in total. The first-order chi connectivity index (χ1) is 12.0. The second kappa shape index (κ2) is 7.49. The number of pyridine rings is 1. The van der Waals surface area contributed by atoms with Crippen molar-refractivity contribution in [2.45, 2.75) is 26.8 Å². The lowest BCUT2D eigenvalue weighted by atomic mass is 10.1. The zero-order chi connectivity index (χ0) is 17.8. The highest BCUT2D eigenvalue weighted by atomic mass is 32.1. The molecular weight excluding hydrogens is 332 g/mol. The van der Waals surface area contributed by atoms with Crippen LogP contribution in [0.1, 0.15) is 38.6 Å². The predicted molar refractivity (Wildman–Crippen MR) is 100 cm³/mol. The summed E-state index contributed by atoms with van der Waals surface area (Å²) in [4.78, 5) is 19.3. The standard InChI is InChI=1S/C20H20N2O2S/c1-13-11-18(15(3)25-13)14(2)22-20(23)17-8-4-5-9-19(17)24-16-7-6-10-21-12-16/h4-12,14H,1-3H3,(H,22,23)/t14-/m0/s1. The van der Waals surface area contributed by atoms with Crippen LogP contribution in [0.5, 0.6) is 11.5 Å². The molecule has 0 radical (unpaired) electrons. The fraction of sp³-hybridized carbons (Fsp3) is 0.200. The molecule has 1 aromatic carbocycles. The summed E-state index contributed by atoms with van der Waals surface area (Å²) in [6, 6.07) is 12.9. The monoisotopic (exact) mass is 352 g/mol. The number of nitrogens with zero attached hydrogens (tertiary/aromatic N) is 1. The van der Waals surface area contributed by atoms with Gasteiger partial charge in [0.2, 0.25) is 0 Å². The zero-order valence-electron chi connectivity index (χ0n) is 14.4. The average molecular weight is 352 g/mol. The second-order valence-corrected chi connectivity index (χ2v) is 7.31. The average Bonchev–Trinajstić information content (AvgIpc) is 2.94. The van der Waals surface area contributed by atoms with E-state index >= 15 is 0 Å². The number of benzene rings is 1. The van der Waals surface area contributed by atoms with Gasteiger partial charge in [0.05, 0.1) is 17.8 Å². The Morgan fingerprint density at radius 3 is 2.68 bits per heavy atom. The minimum absolute atomic E-state index is 0.0658. The van der Waals surface area contributed by atoms with E-state index in [1.807, 2.05) is 25.1 Å². The summed E-state index contributed by atoms with van der Waals surface area (Å²) < 4.78 is 5.82. The summed E-state index contributed by atoms with van der Waals surface area (Å²) in [5.74, 6) is 0.953. The molecule has 0 saturated heterocycles. The summed E-state index contributed by atoms with van der Waals surface area (Å²) in [5.41, 5.74) is 1.66. The molecule has 1 atom stereocenters. The molecule has 0 aliphatic heterocycles. The highest BCUT2D eigenvalue weighted by Gasteiger charge is 2.18. The fourth-order valence-corrected chi connectivity index (χ4v) is 3.73. The van der Waals surface area contributed by atoms with Crippen molar-refractivity contribution in [3.63, 3.8) is 0 Å². The maximum atomic E-state index is 12.8. The number of rotatable bonds is 5. The third-order valence-corrected chi connectivity index (χ3v) is 4.87. The number of amides is 1. The van der Waals surface area contributed by atoms with Crippen LogP contribution in [0, 0.1) is 13.8 Å². The second-order valence-electron chi connectivity index (χ2n) is 5.85. The van der Waals surface area contributed by atoms with Crippen molar-refractivity contribution in [1.29, 1.82) is 0 Å². The van der Waals surface area contributed by atoms with Crippen LogP contribution in [0.15, 0.2) is 54.9 Å². The zero-order valence-corrected chi connectivity index (χ0v) is 15.3. The van der Waals surface area contributed by atoms with Gasteiger partial charge in [-0.1, -0.05) is 12.1 Å². The van der Waals surface area contributed by atoms with Gasteiger partial charge >= 0.3 is 0 Å². The Morgan fingerprint density at radius 1 is 1.20 bits per heavy atom. The van der Waals surface area contributed by atoms with Crippen molar-refractivity contribution >= 4 is 17.2 Å². The van der Waals surface area contributed by atoms with Crippen LogP contribution in [0.4, 0.5) is 0 Å². The van der Waals surface area contributed by atoms with Crippen LogP contribution < -0.4 is 10.1 Å². The van der Waals surface area contributed by atoms with Gasteiger partial charge in [-0.15, -0.1) is 11.3 Å². The molecule has 1 amide bonds. The summed E-state index contributed by atoms with van der Waals surface area (Å²) in [6.45, 7) is 6.15. The number of hydrogen-bond acceptors (Lipinski definition) is 4.